The molecule has 1 unspecified atom stereocenters. The minimum atomic E-state index is -0.519. The molecule has 0 fully saturated rings. The quantitative estimate of drug-likeness (QED) is 0.432. The molecule has 3 N–H and O–H groups in total. The van der Waals surface area contributed by atoms with E-state index in [0.29, 0.717) is 18.2 Å². The van der Waals surface area contributed by atoms with Gasteiger partial charge >= 0.3 is 5.97 Å². The molecule has 0 saturated heterocycles. The predicted octanol–water partition coefficient (Wildman–Crippen LogP) is 3.98. The lowest BCUT2D eigenvalue weighted by atomic mass is 9.98. The van der Waals surface area contributed by atoms with Gasteiger partial charge in [-0.15, -0.1) is 0 Å². The van der Waals surface area contributed by atoms with E-state index >= 15 is 0 Å². The highest BCUT2D eigenvalue weighted by Crippen LogP contribution is 2.21. The van der Waals surface area contributed by atoms with E-state index in [1.54, 1.807) is 6.07 Å². The standard InChI is InChI=1S/C17H27NO3/c1-12(2)5-4-6-13(3)9-10-21-17(20)15-11-14(18)7-8-16(15)19/h7-8,11-13,19H,4-6,9-10,18H2,1-3H3. The Morgan fingerprint density at radius 2 is 1.95 bits per heavy atom. The maximum absolute atomic E-state index is 11.9. The average Bonchev–Trinajstić information content (AvgIpc) is 2.41. The van der Waals surface area contributed by atoms with Gasteiger partial charge in [-0.2, -0.15) is 0 Å². The van der Waals surface area contributed by atoms with Gasteiger partial charge in [-0.05, 0) is 36.5 Å². The molecule has 0 saturated carbocycles. The van der Waals surface area contributed by atoms with Gasteiger partial charge in [-0.3, -0.25) is 0 Å². The van der Waals surface area contributed by atoms with Crippen LogP contribution >= 0.6 is 0 Å². The third-order valence-corrected chi connectivity index (χ3v) is 3.56. The first-order chi connectivity index (χ1) is 9.90. The smallest absolute Gasteiger partial charge is 0.341 e. The molecule has 0 aromatic heterocycles. The lowest BCUT2D eigenvalue weighted by Gasteiger charge is -2.13. The molecule has 4 heteroatoms. The number of hydrogen-bond donors (Lipinski definition) is 2. The van der Waals surface area contributed by atoms with Crippen LogP contribution in [0.4, 0.5) is 5.69 Å². The van der Waals surface area contributed by atoms with E-state index in [1.165, 1.54) is 25.0 Å². The van der Waals surface area contributed by atoms with Gasteiger partial charge in [0.2, 0.25) is 0 Å². The van der Waals surface area contributed by atoms with Crippen LogP contribution in [0.3, 0.4) is 0 Å². The lowest BCUT2D eigenvalue weighted by Crippen LogP contribution is -2.10. The van der Waals surface area contributed by atoms with Gasteiger partial charge in [-0.1, -0.05) is 40.0 Å². The largest absolute Gasteiger partial charge is 0.507 e. The fourth-order valence-corrected chi connectivity index (χ4v) is 2.17. The highest BCUT2D eigenvalue weighted by molar-refractivity contribution is 5.93. The Labute approximate surface area is 127 Å². The Bertz CT molecular complexity index is 457. The van der Waals surface area contributed by atoms with Crippen LogP contribution in [-0.2, 0) is 4.74 Å². The van der Waals surface area contributed by atoms with E-state index in [2.05, 4.69) is 20.8 Å². The molecule has 1 atom stereocenters. The first-order valence-electron chi connectivity index (χ1n) is 7.65. The summed E-state index contributed by atoms with van der Waals surface area (Å²) in [6.45, 7) is 7.00. The Hall–Kier alpha value is -1.71. The maximum Gasteiger partial charge on any atom is 0.341 e. The van der Waals surface area contributed by atoms with Crippen molar-refractivity contribution in [3.05, 3.63) is 23.8 Å². The minimum absolute atomic E-state index is 0.0980. The molecule has 1 aromatic carbocycles. The molecule has 21 heavy (non-hydrogen) atoms. The summed E-state index contributed by atoms with van der Waals surface area (Å²) in [7, 11) is 0. The molecular formula is C17H27NO3. The lowest BCUT2D eigenvalue weighted by molar-refractivity contribution is 0.0480. The number of ether oxygens (including phenoxy) is 1. The fraction of sp³-hybridized carbons (Fsp3) is 0.588. The molecule has 0 aliphatic carbocycles. The van der Waals surface area contributed by atoms with E-state index < -0.39 is 5.97 Å². The van der Waals surface area contributed by atoms with Crippen molar-refractivity contribution in [1.29, 1.82) is 0 Å². The normalized spacial score (nSPS) is 12.4. The van der Waals surface area contributed by atoms with Crippen LogP contribution < -0.4 is 5.73 Å². The van der Waals surface area contributed by atoms with Gasteiger partial charge in [0.05, 0.1) is 6.61 Å². The number of rotatable bonds is 8. The third-order valence-electron chi connectivity index (χ3n) is 3.56. The number of esters is 1. The molecule has 0 bridgehead atoms. The summed E-state index contributed by atoms with van der Waals surface area (Å²) >= 11 is 0. The number of aromatic hydroxyl groups is 1. The highest BCUT2D eigenvalue weighted by atomic mass is 16.5. The molecule has 0 radical (unpaired) electrons. The van der Waals surface area contributed by atoms with Crippen LogP contribution in [-0.4, -0.2) is 17.7 Å². The number of carbonyl (C=O) groups is 1. The van der Waals surface area contributed by atoms with Crippen molar-refractivity contribution in [1.82, 2.24) is 0 Å². The van der Waals surface area contributed by atoms with Gasteiger partial charge in [0.1, 0.15) is 11.3 Å². The highest BCUT2D eigenvalue weighted by Gasteiger charge is 2.13. The number of phenols is 1. The zero-order valence-corrected chi connectivity index (χ0v) is 13.3. The van der Waals surface area contributed by atoms with Crippen LogP contribution in [0.1, 0.15) is 56.8 Å². The zero-order valence-electron chi connectivity index (χ0n) is 13.3. The summed E-state index contributed by atoms with van der Waals surface area (Å²) < 4.78 is 5.21. The fourth-order valence-electron chi connectivity index (χ4n) is 2.17. The van der Waals surface area contributed by atoms with Gasteiger partial charge in [0, 0.05) is 5.69 Å². The maximum atomic E-state index is 11.9. The topological polar surface area (TPSA) is 72.5 Å². The average molecular weight is 293 g/mol. The van der Waals surface area contributed by atoms with Crippen LogP contribution in [0.15, 0.2) is 18.2 Å². The first-order valence-corrected chi connectivity index (χ1v) is 7.65. The number of nitrogen functional groups attached to an aromatic ring is 1. The Morgan fingerprint density at radius 1 is 1.24 bits per heavy atom. The summed E-state index contributed by atoms with van der Waals surface area (Å²) in [6, 6.07) is 4.38. The molecule has 1 aromatic rings. The number of benzene rings is 1. The molecule has 0 aliphatic heterocycles. The molecular weight excluding hydrogens is 266 g/mol. The van der Waals surface area contributed by atoms with Crippen LogP contribution in [0.2, 0.25) is 0 Å². The minimum Gasteiger partial charge on any atom is -0.507 e. The molecule has 0 aliphatic rings. The zero-order chi connectivity index (χ0) is 15.8. The van der Waals surface area contributed by atoms with Crippen LogP contribution in [0, 0.1) is 11.8 Å². The summed E-state index contributed by atoms with van der Waals surface area (Å²) in [4.78, 5) is 11.9. The number of anilines is 1. The Kier molecular flexibility index (Phi) is 7.06. The predicted molar refractivity (Wildman–Crippen MR) is 85.3 cm³/mol. The van der Waals surface area contributed by atoms with Gasteiger partial charge < -0.3 is 15.6 Å². The summed E-state index contributed by atoms with van der Waals surface area (Å²) in [5.74, 6) is 0.654. The second-order valence-electron chi connectivity index (χ2n) is 6.13. The summed E-state index contributed by atoms with van der Waals surface area (Å²) in [5, 5.41) is 9.63. The monoisotopic (exact) mass is 293 g/mol. The van der Waals surface area contributed by atoms with Crippen molar-refractivity contribution in [2.24, 2.45) is 11.8 Å². The SMILES string of the molecule is CC(C)CCCC(C)CCOC(=O)c1cc(N)ccc1O. The molecule has 0 spiro atoms. The second-order valence-corrected chi connectivity index (χ2v) is 6.13. The van der Waals surface area contributed by atoms with E-state index in [1.807, 2.05) is 0 Å². The third kappa shape index (κ3) is 6.52. The summed E-state index contributed by atoms with van der Waals surface area (Å²) in [6.07, 6.45) is 4.44. The van der Waals surface area contributed by atoms with Crippen LogP contribution in [0.5, 0.6) is 5.75 Å². The van der Waals surface area contributed by atoms with Crippen molar-refractivity contribution in [3.63, 3.8) is 0 Å². The van der Waals surface area contributed by atoms with Gasteiger partial charge in [0.15, 0.2) is 0 Å². The van der Waals surface area contributed by atoms with Crippen molar-refractivity contribution < 1.29 is 14.6 Å². The number of phenolic OH excluding ortho intramolecular Hbond substituents is 1. The molecule has 0 amide bonds. The van der Waals surface area contributed by atoms with E-state index in [-0.39, 0.29) is 11.3 Å². The van der Waals surface area contributed by atoms with E-state index in [4.69, 9.17) is 10.5 Å². The Morgan fingerprint density at radius 3 is 2.62 bits per heavy atom. The second kappa shape index (κ2) is 8.55. The van der Waals surface area contributed by atoms with Crippen molar-refractivity contribution in [2.45, 2.75) is 46.5 Å². The Balaban J connectivity index is 2.31. The van der Waals surface area contributed by atoms with Crippen LogP contribution in [0.25, 0.3) is 0 Å². The van der Waals surface area contributed by atoms with Crippen molar-refractivity contribution >= 4 is 11.7 Å². The van der Waals surface area contributed by atoms with E-state index in [0.717, 1.165) is 18.8 Å². The molecule has 118 valence electrons. The van der Waals surface area contributed by atoms with Crippen molar-refractivity contribution in [3.8, 4) is 5.75 Å². The first kappa shape index (κ1) is 17.3. The van der Waals surface area contributed by atoms with Gasteiger partial charge in [-0.25, -0.2) is 4.79 Å². The summed E-state index contributed by atoms with van der Waals surface area (Å²) in [5.41, 5.74) is 6.16. The molecule has 4 nitrogen and oxygen atoms in total. The number of hydrogen-bond acceptors (Lipinski definition) is 4. The number of nitrogens with two attached hydrogens (primary N) is 1. The molecule has 1 rings (SSSR count). The molecule has 0 heterocycles. The van der Waals surface area contributed by atoms with Crippen molar-refractivity contribution in [2.75, 3.05) is 12.3 Å². The van der Waals surface area contributed by atoms with E-state index in [9.17, 15) is 9.90 Å². The van der Waals surface area contributed by atoms with Gasteiger partial charge in [0.25, 0.3) is 0 Å². The number of carbonyl (C=O) groups excluding carboxylic acids is 1.